The predicted molar refractivity (Wildman–Crippen MR) is 103 cm³/mol. The van der Waals surface area contributed by atoms with Crippen LogP contribution in [0.4, 0.5) is 4.39 Å². The van der Waals surface area contributed by atoms with Gasteiger partial charge in [0.05, 0.1) is 20.1 Å². The Morgan fingerprint density at radius 3 is 2.67 bits per heavy atom. The molecule has 0 aliphatic rings. The summed E-state index contributed by atoms with van der Waals surface area (Å²) in [5.74, 6) is 0.0929. The summed E-state index contributed by atoms with van der Waals surface area (Å²) in [5, 5.41) is 6.09. The SMILES string of the molecule is CCNC(=NCC(C)Oc1ccccc1F)NCCC(=O)OC.I. The molecule has 0 aliphatic carbocycles. The van der Waals surface area contributed by atoms with Crippen LogP contribution >= 0.6 is 24.0 Å². The van der Waals surface area contributed by atoms with Crippen LogP contribution in [0.25, 0.3) is 0 Å². The highest BCUT2D eigenvalue weighted by atomic mass is 127. The zero-order valence-electron chi connectivity index (χ0n) is 14.2. The number of aliphatic imine (C=N–C) groups is 1. The Kier molecular flexibility index (Phi) is 12.0. The number of para-hydroxylation sites is 1. The summed E-state index contributed by atoms with van der Waals surface area (Å²) in [6.45, 7) is 5.21. The number of carbonyl (C=O) groups is 1. The highest BCUT2D eigenvalue weighted by Crippen LogP contribution is 2.16. The van der Waals surface area contributed by atoms with Gasteiger partial charge in [-0.1, -0.05) is 12.1 Å². The van der Waals surface area contributed by atoms with Crippen LogP contribution in [0.15, 0.2) is 29.3 Å². The lowest BCUT2D eigenvalue weighted by Crippen LogP contribution is -2.39. The summed E-state index contributed by atoms with van der Waals surface area (Å²) in [7, 11) is 1.35. The summed E-state index contributed by atoms with van der Waals surface area (Å²) in [6.07, 6.45) is -0.0367. The molecule has 1 atom stereocenters. The Labute approximate surface area is 159 Å². The molecule has 0 bridgehead atoms. The van der Waals surface area contributed by atoms with Crippen molar-refractivity contribution in [1.29, 1.82) is 0 Å². The van der Waals surface area contributed by atoms with Gasteiger partial charge in [-0.2, -0.15) is 0 Å². The average molecular weight is 453 g/mol. The summed E-state index contributed by atoms with van der Waals surface area (Å²) >= 11 is 0. The molecule has 2 N–H and O–H groups in total. The molecule has 24 heavy (non-hydrogen) atoms. The Morgan fingerprint density at radius 2 is 2.04 bits per heavy atom. The maximum atomic E-state index is 13.5. The van der Waals surface area contributed by atoms with E-state index in [0.717, 1.165) is 0 Å². The number of guanidine groups is 1. The van der Waals surface area contributed by atoms with E-state index in [4.69, 9.17) is 4.74 Å². The third-order valence-electron chi connectivity index (χ3n) is 2.86. The van der Waals surface area contributed by atoms with E-state index < -0.39 is 5.82 Å². The smallest absolute Gasteiger partial charge is 0.307 e. The second kappa shape index (κ2) is 12.8. The molecule has 1 aromatic rings. The standard InChI is InChI=1S/C16H24FN3O3.HI/c1-4-18-16(19-10-9-15(21)22-3)20-11-12(2)23-14-8-6-5-7-13(14)17;/h5-8,12H,4,9-11H2,1-3H3,(H2,18,19,20);1H. The number of methoxy groups -OCH3 is 1. The maximum Gasteiger partial charge on any atom is 0.307 e. The van der Waals surface area contributed by atoms with Crippen LogP contribution < -0.4 is 15.4 Å². The van der Waals surface area contributed by atoms with E-state index in [1.807, 2.05) is 13.8 Å². The largest absolute Gasteiger partial charge is 0.486 e. The van der Waals surface area contributed by atoms with Crippen molar-refractivity contribution in [3.05, 3.63) is 30.1 Å². The van der Waals surface area contributed by atoms with Crippen LogP contribution in [0.5, 0.6) is 5.75 Å². The Bertz CT molecular complexity index is 529. The lowest BCUT2D eigenvalue weighted by Gasteiger charge is -2.15. The zero-order valence-corrected chi connectivity index (χ0v) is 16.5. The Hall–Kier alpha value is -1.58. The first-order valence-corrected chi connectivity index (χ1v) is 7.57. The Morgan fingerprint density at radius 1 is 1.33 bits per heavy atom. The molecule has 0 aromatic heterocycles. The molecule has 0 saturated carbocycles. The highest BCUT2D eigenvalue weighted by molar-refractivity contribution is 14.0. The summed E-state index contributed by atoms with van der Waals surface area (Å²) in [6, 6.07) is 6.26. The normalized spacial score (nSPS) is 11.9. The van der Waals surface area contributed by atoms with Gasteiger partial charge in [0.2, 0.25) is 0 Å². The van der Waals surface area contributed by atoms with Crippen LogP contribution in [0.1, 0.15) is 20.3 Å². The molecule has 136 valence electrons. The van der Waals surface area contributed by atoms with Crippen molar-refractivity contribution in [2.75, 3.05) is 26.7 Å². The topological polar surface area (TPSA) is 72.0 Å². The Balaban J connectivity index is 0.00000529. The van der Waals surface area contributed by atoms with Crippen LogP contribution in [0, 0.1) is 5.82 Å². The van der Waals surface area contributed by atoms with E-state index in [2.05, 4.69) is 20.4 Å². The van der Waals surface area contributed by atoms with Gasteiger partial charge in [-0.3, -0.25) is 4.79 Å². The number of esters is 1. The third kappa shape index (κ3) is 8.90. The van der Waals surface area contributed by atoms with Gasteiger partial charge in [0.15, 0.2) is 17.5 Å². The van der Waals surface area contributed by atoms with Gasteiger partial charge in [-0.15, -0.1) is 24.0 Å². The van der Waals surface area contributed by atoms with E-state index in [0.29, 0.717) is 25.6 Å². The number of carbonyl (C=O) groups excluding carboxylic acids is 1. The van der Waals surface area contributed by atoms with E-state index in [1.54, 1.807) is 18.2 Å². The number of benzene rings is 1. The monoisotopic (exact) mass is 453 g/mol. The van der Waals surface area contributed by atoms with Gasteiger partial charge in [-0.05, 0) is 26.0 Å². The second-order valence-electron chi connectivity index (χ2n) is 4.83. The quantitative estimate of drug-likeness (QED) is 0.274. The summed E-state index contributed by atoms with van der Waals surface area (Å²) in [5.41, 5.74) is 0. The first-order chi connectivity index (χ1) is 11.1. The maximum absolute atomic E-state index is 13.5. The minimum absolute atomic E-state index is 0. The molecular weight excluding hydrogens is 428 g/mol. The van der Waals surface area contributed by atoms with E-state index >= 15 is 0 Å². The van der Waals surface area contributed by atoms with Crippen LogP contribution in [0.2, 0.25) is 0 Å². The molecule has 0 aliphatic heterocycles. The number of halogens is 2. The minimum atomic E-state index is -0.397. The number of hydrogen-bond acceptors (Lipinski definition) is 4. The third-order valence-corrected chi connectivity index (χ3v) is 2.86. The lowest BCUT2D eigenvalue weighted by atomic mass is 10.3. The van der Waals surface area contributed by atoms with Gasteiger partial charge >= 0.3 is 5.97 Å². The number of rotatable bonds is 8. The number of nitrogens with zero attached hydrogens (tertiary/aromatic N) is 1. The fourth-order valence-corrected chi connectivity index (χ4v) is 1.74. The number of hydrogen-bond donors (Lipinski definition) is 2. The fourth-order valence-electron chi connectivity index (χ4n) is 1.74. The van der Waals surface area contributed by atoms with E-state index in [1.165, 1.54) is 13.2 Å². The van der Waals surface area contributed by atoms with Crippen molar-refractivity contribution in [2.24, 2.45) is 4.99 Å². The molecule has 1 aromatic carbocycles. The summed E-state index contributed by atoms with van der Waals surface area (Å²) < 4.78 is 23.6. The predicted octanol–water partition coefficient (Wildman–Crippen LogP) is 2.33. The molecule has 0 heterocycles. The number of nitrogens with one attached hydrogen (secondary N) is 2. The van der Waals surface area contributed by atoms with Crippen molar-refractivity contribution in [3.8, 4) is 5.75 Å². The van der Waals surface area contributed by atoms with Gasteiger partial charge in [-0.25, -0.2) is 9.38 Å². The molecule has 0 spiro atoms. The van der Waals surface area contributed by atoms with Crippen LogP contribution in [-0.4, -0.2) is 44.8 Å². The molecule has 0 fully saturated rings. The lowest BCUT2D eigenvalue weighted by molar-refractivity contribution is -0.140. The zero-order chi connectivity index (χ0) is 17.1. The van der Waals surface area contributed by atoms with Crippen LogP contribution in [0.3, 0.4) is 0 Å². The van der Waals surface area contributed by atoms with Crippen molar-refractivity contribution >= 4 is 35.9 Å². The second-order valence-corrected chi connectivity index (χ2v) is 4.83. The molecule has 0 saturated heterocycles. The van der Waals surface area contributed by atoms with Gasteiger partial charge < -0.3 is 20.1 Å². The molecule has 8 heteroatoms. The minimum Gasteiger partial charge on any atom is -0.486 e. The van der Waals surface area contributed by atoms with Crippen molar-refractivity contribution in [3.63, 3.8) is 0 Å². The van der Waals surface area contributed by atoms with Gasteiger partial charge in [0, 0.05) is 13.1 Å². The number of ether oxygens (including phenoxy) is 2. The van der Waals surface area contributed by atoms with E-state index in [-0.39, 0.29) is 48.2 Å². The summed E-state index contributed by atoms with van der Waals surface area (Å²) in [4.78, 5) is 15.4. The van der Waals surface area contributed by atoms with Gasteiger partial charge in [0.25, 0.3) is 0 Å². The molecule has 1 unspecified atom stereocenters. The molecule has 1 rings (SSSR count). The molecule has 6 nitrogen and oxygen atoms in total. The van der Waals surface area contributed by atoms with Crippen LogP contribution in [-0.2, 0) is 9.53 Å². The van der Waals surface area contributed by atoms with E-state index in [9.17, 15) is 9.18 Å². The van der Waals surface area contributed by atoms with Crippen molar-refractivity contribution in [2.45, 2.75) is 26.4 Å². The fraction of sp³-hybridized carbons (Fsp3) is 0.500. The first kappa shape index (κ1) is 22.4. The molecule has 0 radical (unpaired) electrons. The highest BCUT2D eigenvalue weighted by Gasteiger charge is 2.08. The van der Waals surface area contributed by atoms with Gasteiger partial charge in [0.1, 0.15) is 6.10 Å². The molecular formula is C16H25FIN3O3. The van der Waals surface area contributed by atoms with Crippen molar-refractivity contribution in [1.82, 2.24) is 10.6 Å². The average Bonchev–Trinajstić information content (AvgIpc) is 2.54. The first-order valence-electron chi connectivity index (χ1n) is 7.57. The van der Waals surface area contributed by atoms with Crippen molar-refractivity contribution < 1.29 is 18.7 Å². The molecule has 0 amide bonds.